The summed E-state index contributed by atoms with van der Waals surface area (Å²) in [5.41, 5.74) is 3.15. The third-order valence-electron chi connectivity index (χ3n) is 7.50. The summed E-state index contributed by atoms with van der Waals surface area (Å²) < 4.78 is 28.3. The Morgan fingerprint density at radius 2 is 1.67 bits per heavy atom. The van der Waals surface area contributed by atoms with E-state index in [4.69, 9.17) is 0 Å². The van der Waals surface area contributed by atoms with Crippen molar-refractivity contribution >= 4 is 38.9 Å². The molecule has 36 heavy (non-hydrogen) atoms. The Kier molecular flexibility index (Phi) is 7.03. The molecule has 0 radical (unpaired) electrons. The van der Waals surface area contributed by atoms with E-state index < -0.39 is 10.0 Å². The number of aryl methyl sites for hydroxylation is 1. The van der Waals surface area contributed by atoms with E-state index in [1.54, 1.807) is 12.1 Å². The van der Waals surface area contributed by atoms with Gasteiger partial charge in [0.1, 0.15) is 12.6 Å². The van der Waals surface area contributed by atoms with Crippen molar-refractivity contribution < 1.29 is 18.0 Å². The summed E-state index contributed by atoms with van der Waals surface area (Å²) in [7, 11) is -3.67. The van der Waals surface area contributed by atoms with Crippen molar-refractivity contribution in [3.8, 4) is 0 Å². The summed E-state index contributed by atoms with van der Waals surface area (Å²) in [6.07, 6.45) is 6.30. The van der Waals surface area contributed by atoms with Crippen LogP contribution in [0.15, 0.2) is 47.4 Å². The van der Waals surface area contributed by atoms with Crippen LogP contribution >= 0.6 is 0 Å². The molecule has 2 amide bonds. The molecule has 2 saturated heterocycles. The Bertz CT molecular complexity index is 1240. The Morgan fingerprint density at radius 3 is 2.39 bits per heavy atom. The highest BCUT2D eigenvalue weighted by molar-refractivity contribution is 7.89. The number of carbonyl (C=O) groups excluding carboxylic acids is 2. The third-order valence-corrected chi connectivity index (χ3v) is 9.40. The lowest BCUT2D eigenvalue weighted by atomic mass is 9.96. The van der Waals surface area contributed by atoms with Crippen molar-refractivity contribution in [1.82, 2.24) is 4.31 Å². The van der Waals surface area contributed by atoms with Crippen LogP contribution in [0, 0.1) is 0 Å². The maximum Gasteiger partial charge on any atom is 0.250 e. The van der Waals surface area contributed by atoms with Gasteiger partial charge in [-0.25, -0.2) is 8.42 Å². The van der Waals surface area contributed by atoms with E-state index in [1.807, 2.05) is 30.3 Å². The molecule has 5 rings (SSSR count). The van der Waals surface area contributed by atoms with Gasteiger partial charge in [-0.3, -0.25) is 14.5 Å². The van der Waals surface area contributed by atoms with Crippen LogP contribution < -0.4 is 15.1 Å². The highest BCUT2D eigenvalue weighted by Gasteiger charge is 2.41. The zero-order valence-corrected chi connectivity index (χ0v) is 21.6. The Hall–Kier alpha value is -2.91. The summed E-state index contributed by atoms with van der Waals surface area (Å²) in [5, 5.41) is 2.89. The molecule has 0 spiro atoms. The van der Waals surface area contributed by atoms with E-state index >= 15 is 0 Å². The number of fused-ring (bicyclic) bond motifs is 3. The average Bonchev–Trinajstić information content (AvgIpc) is 2.91. The molecule has 3 heterocycles. The zero-order valence-electron chi connectivity index (χ0n) is 20.8. The van der Waals surface area contributed by atoms with Crippen LogP contribution in [-0.2, 0) is 26.0 Å². The molecule has 2 fully saturated rings. The van der Waals surface area contributed by atoms with Crippen LogP contribution in [0.1, 0.15) is 51.0 Å². The zero-order chi connectivity index (χ0) is 25.3. The second kappa shape index (κ2) is 10.2. The van der Waals surface area contributed by atoms with E-state index in [9.17, 15) is 18.0 Å². The molecular formula is C27H34N4O4S. The smallest absolute Gasteiger partial charge is 0.250 e. The number of carbonyl (C=O) groups is 2. The number of nitrogens with zero attached hydrogens (tertiary/aromatic N) is 3. The number of amides is 2. The molecule has 2 aromatic carbocycles. The van der Waals surface area contributed by atoms with Crippen molar-refractivity contribution in [2.45, 2.75) is 62.8 Å². The summed E-state index contributed by atoms with van der Waals surface area (Å²) >= 11 is 0. The van der Waals surface area contributed by atoms with Crippen LogP contribution in [0.2, 0.25) is 0 Å². The predicted molar refractivity (Wildman–Crippen MR) is 141 cm³/mol. The SMILES string of the molecule is CCc1ccc(NC(=O)CN2C(=O)[C@@H]3CCCCN3c3ccc(S(=O)(=O)N4CCCCC4)cc32)cc1. The van der Waals surface area contributed by atoms with Crippen molar-refractivity contribution in [3.05, 3.63) is 48.0 Å². The molecular weight excluding hydrogens is 476 g/mol. The molecule has 8 nitrogen and oxygen atoms in total. The van der Waals surface area contributed by atoms with Gasteiger partial charge in [0.25, 0.3) is 0 Å². The van der Waals surface area contributed by atoms with Crippen molar-refractivity contribution in [3.63, 3.8) is 0 Å². The molecule has 1 N–H and O–H groups in total. The quantitative estimate of drug-likeness (QED) is 0.639. The number of hydrogen-bond acceptors (Lipinski definition) is 5. The third kappa shape index (κ3) is 4.74. The molecule has 0 bridgehead atoms. The molecule has 3 aliphatic rings. The van der Waals surface area contributed by atoms with E-state index in [-0.39, 0.29) is 29.3 Å². The Balaban J connectivity index is 1.46. The average molecular weight is 511 g/mol. The van der Waals surface area contributed by atoms with Crippen LogP contribution in [0.3, 0.4) is 0 Å². The van der Waals surface area contributed by atoms with Gasteiger partial charge in [0.2, 0.25) is 21.8 Å². The maximum absolute atomic E-state index is 13.6. The first-order chi connectivity index (χ1) is 17.4. The van der Waals surface area contributed by atoms with Crippen molar-refractivity contribution in [2.75, 3.05) is 41.3 Å². The lowest BCUT2D eigenvalue weighted by molar-refractivity contribution is -0.123. The molecule has 9 heteroatoms. The van der Waals surface area contributed by atoms with Gasteiger partial charge >= 0.3 is 0 Å². The topological polar surface area (TPSA) is 90.0 Å². The maximum atomic E-state index is 13.6. The lowest BCUT2D eigenvalue weighted by Gasteiger charge is -2.45. The molecule has 192 valence electrons. The second-order valence-corrected chi connectivity index (χ2v) is 11.8. The van der Waals surface area contributed by atoms with E-state index in [0.29, 0.717) is 24.5 Å². The van der Waals surface area contributed by atoms with Gasteiger partial charge in [-0.05, 0) is 74.4 Å². The van der Waals surface area contributed by atoms with Crippen LogP contribution in [0.4, 0.5) is 17.1 Å². The van der Waals surface area contributed by atoms with E-state index in [0.717, 1.165) is 57.2 Å². The minimum Gasteiger partial charge on any atom is -0.358 e. The van der Waals surface area contributed by atoms with Crippen molar-refractivity contribution in [1.29, 1.82) is 0 Å². The van der Waals surface area contributed by atoms with Crippen LogP contribution in [0.25, 0.3) is 0 Å². The highest BCUT2D eigenvalue weighted by atomic mass is 32.2. The largest absolute Gasteiger partial charge is 0.358 e. The fourth-order valence-electron chi connectivity index (χ4n) is 5.48. The number of rotatable bonds is 6. The number of hydrogen-bond donors (Lipinski definition) is 1. The summed E-state index contributed by atoms with van der Waals surface area (Å²) in [5.74, 6) is -0.460. The van der Waals surface area contributed by atoms with Crippen molar-refractivity contribution in [2.24, 2.45) is 0 Å². The number of anilines is 3. The second-order valence-electron chi connectivity index (χ2n) is 9.84. The van der Waals surface area contributed by atoms with Gasteiger partial charge in [0.05, 0.1) is 16.3 Å². The van der Waals surface area contributed by atoms with Gasteiger partial charge in [-0.2, -0.15) is 4.31 Å². The first kappa shape index (κ1) is 24.8. The standard InChI is InChI=1S/C27H34N4O4S/c1-2-20-9-11-21(12-10-20)28-26(32)19-31-25-18-22(36(34,35)29-15-5-3-6-16-29)13-14-23(25)30-17-7-4-8-24(30)27(31)33/h9-14,18,24H,2-8,15-17,19H2,1H3,(H,28,32)/t24-/m0/s1. The molecule has 2 aromatic rings. The Morgan fingerprint density at radius 1 is 0.944 bits per heavy atom. The molecule has 0 aromatic heterocycles. The Labute approximate surface area is 213 Å². The van der Waals surface area contributed by atoms with Gasteiger partial charge in [-0.1, -0.05) is 25.5 Å². The number of sulfonamides is 1. The summed E-state index contributed by atoms with van der Waals surface area (Å²) in [6, 6.07) is 12.4. The molecule has 0 aliphatic carbocycles. The minimum absolute atomic E-state index is 0.147. The number of nitrogens with one attached hydrogen (secondary N) is 1. The van der Waals surface area contributed by atoms with Gasteiger partial charge in [0.15, 0.2) is 0 Å². The summed E-state index contributed by atoms with van der Waals surface area (Å²) in [6.45, 7) is 3.66. The van der Waals surface area contributed by atoms with Gasteiger partial charge in [-0.15, -0.1) is 0 Å². The van der Waals surface area contributed by atoms with Gasteiger partial charge in [0, 0.05) is 25.3 Å². The first-order valence-corrected chi connectivity index (χ1v) is 14.4. The molecule has 0 saturated carbocycles. The number of benzene rings is 2. The molecule has 1 atom stereocenters. The predicted octanol–water partition coefficient (Wildman–Crippen LogP) is 3.77. The van der Waals surface area contributed by atoms with Gasteiger partial charge < -0.3 is 10.2 Å². The fourth-order valence-corrected chi connectivity index (χ4v) is 7.02. The summed E-state index contributed by atoms with van der Waals surface area (Å²) in [4.78, 5) is 30.4. The fraction of sp³-hybridized carbons (Fsp3) is 0.481. The lowest BCUT2D eigenvalue weighted by Crippen LogP contribution is -2.56. The minimum atomic E-state index is -3.67. The molecule has 3 aliphatic heterocycles. The normalized spacial score (nSPS) is 20.6. The van der Waals surface area contributed by atoms with E-state index in [1.165, 1.54) is 14.8 Å². The highest BCUT2D eigenvalue weighted by Crippen LogP contribution is 2.41. The van der Waals surface area contributed by atoms with Crippen LogP contribution in [0.5, 0.6) is 0 Å². The van der Waals surface area contributed by atoms with Crippen LogP contribution in [-0.4, -0.2) is 56.8 Å². The van der Waals surface area contributed by atoms with E-state index in [2.05, 4.69) is 17.1 Å². The number of piperidine rings is 2. The first-order valence-electron chi connectivity index (χ1n) is 13.0. The monoisotopic (exact) mass is 510 g/mol. The molecule has 0 unspecified atom stereocenters.